The second-order valence-corrected chi connectivity index (χ2v) is 7.33. The van der Waals surface area contributed by atoms with Crippen molar-refractivity contribution in [1.82, 2.24) is 9.13 Å². The Morgan fingerprint density at radius 2 is 1.90 bits per heavy atom. The summed E-state index contributed by atoms with van der Waals surface area (Å²) in [6.45, 7) is -1.16. The van der Waals surface area contributed by atoms with Crippen LogP contribution in [0.15, 0.2) is 47.3 Å². The summed E-state index contributed by atoms with van der Waals surface area (Å²) in [4.78, 5) is 24.7. The van der Waals surface area contributed by atoms with Gasteiger partial charge < -0.3 is 9.84 Å². The Morgan fingerprint density at radius 1 is 1.20 bits per heavy atom. The maximum absolute atomic E-state index is 13.3. The summed E-state index contributed by atoms with van der Waals surface area (Å²) in [6.07, 6.45) is 1.01. The molecule has 2 aromatic carbocycles. The van der Waals surface area contributed by atoms with Gasteiger partial charge in [0.2, 0.25) is 0 Å². The zero-order chi connectivity index (χ0) is 21.8. The number of carboxylic acids is 1. The molecular formula is C21H21ClF2N2O4. The summed E-state index contributed by atoms with van der Waals surface area (Å²) >= 11 is 6.03. The molecule has 160 valence electrons. The quantitative estimate of drug-likeness (QED) is 0.514. The van der Waals surface area contributed by atoms with Crippen LogP contribution in [0.4, 0.5) is 8.78 Å². The number of para-hydroxylation sites is 2. The van der Waals surface area contributed by atoms with Gasteiger partial charge in [-0.25, -0.2) is 4.79 Å². The topological polar surface area (TPSA) is 73.5 Å². The molecule has 3 rings (SSSR count). The van der Waals surface area contributed by atoms with E-state index in [4.69, 9.17) is 11.6 Å². The van der Waals surface area contributed by atoms with E-state index in [1.54, 1.807) is 24.3 Å². The standard InChI is InChI=1S/C21H21ClF2N2O4/c1-2-5-15(11-19(27)28)26-17-7-4-3-6-16(17)25(21(26)29)12-13-10-14(22)8-9-18(13)30-20(23)24/h3-4,6-10,15,20H,2,5,11-12H2,1H3,(H,27,28). The van der Waals surface area contributed by atoms with Crippen LogP contribution in [0.3, 0.4) is 0 Å². The predicted molar refractivity (Wildman–Crippen MR) is 110 cm³/mol. The van der Waals surface area contributed by atoms with Gasteiger partial charge in [0.05, 0.1) is 24.0 Å². The largest absolute Gasteiger partial charge is 0.481 e. The first-order chi connectivity index (χ1) is 14.3. The van der Waals surface area contributed by atoms with Crippen LogP contribution in [0.25, 0.3) is 11.0 Å². The van der Waals surface area contributed by atoms with Crippen molar-refractivity contribution < 1.29 is 23.4 Å². The summed E-state index contributed by atoms with van der Waals surface area (Å²) in [6, 6.07) is 10.7. The molecule has 1 unspecified atom stereocenters. The van der Waals surface area contributed by atoms with Gasteiger partial charge in [0.25, 0.3) is 0 Å². The lowest BCUT2D eigenvalue weighted by molar-refractivity contribution is -0.137. The van der Waals surface area contributed by atoms with Crippen LogP contribution in [-0.2, 0) is 11.3 Å². The second-order valence-electron chi connectivity index (χ2n) is 6.90. The summed E-state index contributed by atoms with van der Waals surface area (Å²) in [7, 11) is 0. The molecule has 0 fully saturated rings. The zero-order valence-electron chi connectivity index (χ0n) is 16.2. The van der Waals surface area contributed by atoms with E-state index in [2.05, 4.69) is 4.74 Å². The third-order valence-corrected chi connectivity index (χ3v) is 5.07. The molecule has 0 radical (unpaired) electrons. The number of imidazole rings is 1. The highest BCUT2D eigenvalue weighted by Gasteiger charge is 2.23. The summed E-state index contributed by atoms with van der Waals surface area (Å²) in [5.74, 6) is -1.08. The van der Waals surface area contributed by atoms with Gasteiger partial charge in [0.1, 0.15) is 5.75 Å². The minimum atomic E-state index is -3.02. The first kappa shape index (κ1) is 21.8. The normalized spacial score (nSPS) is 12.4. The molecule has 6 nitrogen and oxygen atoms in total. The molecule has 0 saturated heterocycles. The minimum Gasteiger partial charge on any atom is -0.481 e. The fourth-order valence-electron chi connectivity index (χ4n) is 3.65. The van der Waals surface area contributed by atoms with Gasteiger partial charge in [-0.3, -0.25) is 13.9 Å². The van der Waals surface area contributed by atoms with Gasteiger partial charge in [-0.1, -0.05) is 37.1 Å². The smallest absolute Gasteiger partial charge is 0.387 e. The van der Waals surface area contributed by atoms with Crippen LogP contribution in [0, 0.1) is 0 Å². The fraction of sp³-hybridized carbons (Fsp3) is 0.333. The second kappa shape index (κ2) is 9.30. The lowest BCUT2D eigenvalue weighted by atomic mass is 10.1. The number of rotatable bonds is 9. The molecular weight excluding hydrogens is 418 g/mol. The molecule has 0 aliphatic heterocycles. The number of nitrogens with zero attached hydrogens (tertiary/aromatic N) is 2. The molecule has 30 heavy (non-hydrogen) atoms. The Balaban J connectivity index is 2.15. The number of halogens is 3. The van der Waals surface area contributed by atoms with Crippen LogP contribution in [-0.4, -0.2) is 26.8 Å². The van der Waals surface area contributed by atoms with Crippen molar-refractivity contribution >= 4 is 28.6 Å². The summed E-state index contributed by atoms with van der Waals surface area (Å²) in [5.41, 5.74) is 1.05. The van der Waals surface area contributed by atoms with Crippen molar-refractivity contribution in [3.8, 4) is 5.75 Å². The first-order valence-electron chi connectivity index (χ1n) is 9.46. The van der Waals surface area contributed by atoms with Gasteiger partial charge in [-0.2, -0.15) is 8.78 Å². The highest BCUT2D eigenvalue weighted by atomic mass is 35.5. The highest BCUT2D eigenvalue weighted by Crippen LogP contribution is 2.28. The summed E-state index contributed by atoms with van der Waals surface area (Å²) < 4.78 is 33.1. The van der Waals surface area contributed by atoms with E-state index in [9.17, 15) is 23.5 Å². The number of hydrogen-bond acceptors (Lipinski definition) is 3. The molecule has 0 aliphatic rings. The molecule has 1 aromatic heterocycles. The van der Waals surface area contributed by atoms with E-state index in [1.165, 1.54) is 27.3 Å². The van der Waals surface area contributed by atoms with E-state index in [-0.39, 0.29) is 18.7 Å². The average Bonchev–Trinajstić information content (AvgIpc) is 2.95. The molecule has 0 spiro atoms. The number of carboxylic acid groups (broad SMARTS) is 1. The Bertz CT molecular complexity index is 1110. The van der Waals surface area contributed by atoms with E-state index in [0.29, 0.717) is 34.5 Å². The van der Waals surface area contributed by atoms with Crippen LogP contribution in [0.1, 0.15) is 37.8 Å². The maximum atomic E-state index is 13.3. The molecule has 3 aromatic rings. The molecule has 0 bridgehead atoms. The molecule has 1 N–H and O–H groups in total. The van der Waals surface area contributed by atoms with Crippen molar-refractivity contribution in [1.29, 1.82) is 0 Å². The third-order valence-electron chi connectivity index (χ3n) is 4.83. The van der Waals surface area contributed by atoms with Crippen LogP contribution < -0.4 is 10.4 Å². The van der Waals surface area contributed by atoms with E-state index in [1.807, 2.05) is 6.92 Å². The Morgan fingerprint density at radius 3 is 2.53 bits per heavy atom. The van der Waals surface area contributed by atoms with Crippen LogP contribution in [0.5, 0.6) is 5.75 Å². The van der Waals surface area contributed by atoms with Crippen molar-refractivity contribution in [3.63, 3.8) is 0 Å². The Labute approximate surface area is 176 Å². The fourth-order valence-corrected chi connectivity index (χ4v) is 3.84. The van der Waals surface area contributed by atoms with E-state index < -0.39 is 24.3 Å². The van der Waals surface area contributed by atoms with Gasteiger partial charge in [-0.05, 0) is 36.8 Å². The predicted octanol–water partition coefficient (Wildman–Crippen LogP) is 4.92. The van der Waals surface area contributed by atoms with Crippen molar-refractivity contribution in [2.45, 2.75) is 45.4 Å². The number of benzene rings is 2. The molecule has 0 saturated carbocycles. The van der Waals surface area contributed by atoms with Gasteiger partial charge in [-0.15, -0.1) is 0 Å². The lowest BCUT2D eigenvalue weighted by Crippen LogP contribution is -2.29. The number of fused-ring (bicyclic) bond motifs is 1. The van der Waals surface area contributed by atoms with E-state index >= 15 is 0 Å². The van der Waals surface area contributed by atoms with Crippen LogP contribution in [0.2, 0.25) is 5.02 Å². The number of aliphatic carboxylic acids is 1. The first-order valence-corrected chi connectivity index (χ1v) is 9.84. The molecule has 0 aliphatic carbocycles. The van der Waals surface area contributed by atoms with Gasteiger partial charge >= 0.3 is 18.3 Å². The number of hydrogen-bond donors (Lipinski definition) is 1. The molecule has 9 heteroatoms. The minimum absolute atomic E-state index is 0.0547. The number of alkyl halides is 2. The lowest BCUT2D eigenvalue weighted by Gasteiger charge is -2.16. The number of aromatic nitrogens is 2. The molecule has 0 amide bonds. The van der Waals surface area contributed by atoms with Gasteiger partial charge in [0, 0.05) is 16.6 Å². The van der Waals surface area contributed by atoms with E-state index in [0.717, 1.165) is 0 Å². The SMILES string of the molecule is CCCC(CC(=O)O)n1c(=O)n(Cc2cc(Cl)ccc2OC(F)F)c2ccccc21. The van der Waals surface area contributed by atoms with Crippen LogP contribution >= 0.6 is 11.6 Å². The maximum Gasteiger partial charge on any atom is 0.387 e. The van der Waals surface area contributed by atoms with Crippen molar-refractivity contribution in [3.05, 3.63) is 63.5 Å². The van der Waals surface area contributed by atoms with Crippen molar-refractivity contribution in [2.24, 2.45) is 0 Å². The Kier molecular flexibility index (Phi) is 6.77. The van der Waals surface area contributed by atoms with Gasteiger partial charge in [0.15, 0.2) is 0 Å². The number of ether oxygens (including phenoxy) is 1. The van der Waals surface area contributed by atoms with Crippen molar-refractivity contribution in [2.75, 3.05) is 0 Å². The Hall–Kier alpha value is -2.87. The molecule has 1 heterocycles. The third kappa shape index (κ3) is 4.64. The monoisotopic (exact) mass is 438 g/mol. The average molecular weight is 439 g/mol. The number of carbonyl (C=O) groups is 1. The highest BCUT2D eigenvalue weighted by molar-refractivity contribution is 6.30. The molecule has 1 atom stereocenters. The summed E-state index contributed by atoms with van der Waals surface area (Å²) in [5, 5.41) is 9.62. The zero-order valence-corrected chi connectivity index (χ0v) is 17.0.